The highest BCUT2D eigenvalue weighted by molar-refractivity contribution is 9.10. The molecule has 0 saturated heterocycles. The molecule has 0 fully saturated rings. The van der Waals surface area contributed by atoms with Gasteiger partial charge in [-0.1, -0.05) is 28.1 Å². The van der Waals surface area contributed by atoms with Crippen molar-refractivity contribution in [1.82, 2.24) is 0 Å². The number of benzene rings is 2. The minimum atomic E-state index is -0.313. The Morgan fingerprint density at radius 2 is 1.90 bits per heavy atom. The molecule has 1 amide bonds. The molecule has 0 aromatic heterocycles. The molecule has 0 unspecified atom stereocenters. The van der Waals surface area contributed by atoms with E-state index in [1.165, 1.54) is 18.3 Å². The van der Waals surface area contributed by atoms with Gasteiger partial charge in [-0.2, -0.15) is 5.10 Å². The van der Waals surface area contributed by atoms with Crippen molar-refractivity contribution in [3.05, 3.63) is 63.9 Å². The van der Waals surface area contributed by atoms with Gasteiger partial charge < -0.3 is 5.32 Å². The number of anilines is 1. The van der Waals surface area contributed by atoms with Crippen LogP contribution < -0.4 is 5.32 Å². The average Bonchev–Trinajstić information content (AvgIpc) is 2.77. The first-order chi connectivity index (χ1) is 10.1. The maximum Gasteiger partial charge on any atom is 0.276 e. The molecule has 0 spiro atoms. The Hall–Kier alpha value is -2.34. The van der Waals surface area contributed by atoms with Crippen LogP contribution in [-0.2, 0) is 4.79 Å². The van der Waals surface area contributed by atoms with Gasteiger partial charge in [-0.15, -0.1) is 5.10 Å². The monoisotopic (exact) mass is 345 g/mol. The van der Waals surface area contributed by atoms with Crippen molar-refractivity contribution in [2.45, 2.75) is 0 Å². The zero-order valence-electron chi connectivity index (χ0n) is 10.7. The molecule has 1 heterocycles. The largest absolute Gasteiger partial charge is 0.320 e. The third-order valence-electron chi connectivity index (χ3n) is 2.93. The number of nitrogens with zero attached hydrogens (tertiary/aromatic N) is 2. The molecule has 0 radical (unpaired) electrons. The smallest absolute Gasteiger partial charge is 0.276 e. The standard InChI is InChI=1S/C15H9BrFN3O/c16-10-3-6-13-12(7-10)14(15(21)19-13)20-18-8-9-1-4-11(17)5-2-9/h1-8H,(H,19,20,21)/b18-8+. The lowest BCUT2D eigenvalue weighted by Gasteiger charge is -1.96. The molecular formula is C15H9BrFN3O. The molecule has 4 nitrogen and oxygen atoms in total. The van der Waals surface area contributed by atoms with Crippen LogP contribution in [0.1, 0.15) is 11.1 Å². The number of rotatable bonds is 2. The van der Waals surface area contributed by atoms with Crippen LogP contribution in [0.3, 0.4) is 0 Å². The Morgan fingerprint density at radius 3 is 2.67 bits per heavy atom. The predicted octanol–water partition coefficient (Wildman–Crippen LogP) is 3.36. The zero-order valence-corrected chi connectivity index (χ0v) is 12.3. The van der Waals surface area contributed by atoms with E-state index in [4.69, 9.17) is 0 Å². The third kappa shape index (κ3) is 2.90. The fraction of sp³-hybridized carbons (Fsp3) is 0. The summed E-state index contributed by atoms with van der Waals surface area (Å²) in [5.74, 6) is -0.605. The second kappa shape index (κ2) is 5.57. The van der Waals surface area contributed by atoms with Gasteiger partial charge in [-0.05, 0) is 35.9 Å². The number of carbonyl (C=O) groups is 1. The number of carbonyl (C=O) groups excluding carboxylic acids is 1. The quantitative estimate of drug-likeness (QED) is 0.658. The maximum atomic E-state index is 12.8. The van der Waals surface area contributed by atoms with Gasteiger partial charge in [-0.25, -0.2) is 4.39 Å². The van der Waals surface area contributed by atoms with E-state index in [0.29, 0.717) is 16.8 Å². The van der Waals surface area contributed by atoms with Crippen LogP contribution in [0.5, 0.6) is 0 Å². The number of nitrogens with one attached hydrogen (secondary N) is 1. The molecule has 2 aromatic carbocycles. The van der Waals surface area contributed by atoms with Gasteiger partial charge in [0.25, 0.3) is 5.91 Å². The summed E-state index contributed by atoms with van der Waals surface area (Å²) in [6.07, 6.45) is 1.47. The molecule has 1 aliphatic rings. The van der Waals surface area contributed by atoms with Gasteiger partial charge in [-0.3, -0.25) is 4.79 Å². The fourth-order valence-electron chi connectivity index (χ4n) is 1.93. The Balaban J connectivity index is 1.88. The Bertz CT molecular complexity index is 769. The van der Waals surface area contributed by atoms with Gasteiger partial charge >= 0.3 is 0 Å². The van der Waals surface area contributed by atoms with E-state index in [1.54, 1.807) is 24.3 Å². The summed E-state index contributed by atoms with van der Waals surface area (Å²) >= 11 is 3.36. The number of halogens is 2. The Labute approximate surface area is 128 Å². The summed E-state index contributed by atoms with van der Waals surface area (Å²) in [7, 11) is 0. The first-order valence-electron chi connectivity index (χ1n) is 6.11. The van der Waals surface area contributed by atoms with Crippen molar-refractivity contribution in [3.8, 4) is 0 Å². The molecule has 6 heteroatoms. The van der Waals surface area contributed by atoms with Crippen LogP contribution in [0, 0.1) is 5.82 Å². The highest BCUT2D eigenvalue weighted by Gasteiger charge is 2.26. The van der Waals surface area contributed by atoms with Crippen LogP contribution in [0.4, 0.5) is 10.1 Å². The van der Waals surface area contributed by atoms with Gasteiger partial charge in [0.1, 0.15) is 5.82 Å². The van der Waals surface area contributed by atoms with Crippen molar-refractivity contribution in [2.75, 3.05) is 5.32 Å². The van der Waals surface area contributed by atoms with Crippen LogP contribution in [-0.4, -0.2) is 17.8 Å². The number of fused-ring (bicyclic) bond motifs is 1. The lowest BCUT2D eigenvalue weighted by Crippen LogP contribution is -2.13. The summed E-state index contributed by atoms with van der Waals surface area (Å²) in [5, 5.41) is 10.6. The van der Waals surface area contributed by atoms with Crippen LogP contribution >= 0.6 is 15.9 Å². The van der Waals surface area contributed by atoms with Gasteiger partial charge in [0, 0.05) is 10.0 Å². The van der Waals surface area contributed by atoms with E-state index in [-0.39, 0.29) is 17.4 Å². The Kier molecular flexibility index (Phi) is 3.62. The third-order valence-corrected chi connectivity index (χ3v) is 3.43. The second-order valence-corrected chi connectivity index (χ2v) is 5.30. The molecule has 1 aliphatic heterocycles. The van der Waals surface area contributed by atoms with Gasteiger partial charge in [0.05, 0.1) is 11.9 Å². The summed E-state index contributed by atoms with van der Waals surface area (Å²) in [5.41, 5.74) is 2.36. The zero-order chi connectivity index (χ0) is 14.8. The minimum absolute atomic E-state index is 0.254. The fourth-order valence-corrected chi connectivity index (χ4v) is 2.29. The second-order valence-electron chi connectivity index (χ2n) is 4.39. The van der Waals surface area contributed by atoms with E-state index in [0.717, 1.165) is 4.47 Å². The normalized spacial score (nSPS) is 15.5. The Morgan fingerprint density at radius 1 is 1.14 bits per heavy atom. The summed E-state index contributed by atoms with van der Waals surface area (Å²) < 4.78 is 13.6. The minimum Gasteiger partial charge on any atom is -0.320 e. The van der Waals surface area contributed by atoms with E-state index < -0.39 is 0 Å². The van der Waals surface area contributed by atoms with Crippen molar-refractivity contribution < 1.29 is 9.18 Å². The van der Waals surface area contributed by atoms with Crippen LogP contribution in [0.15, 0.2) is 57.1 Å². The van der Waals surface area contributed by atoms with Gasteiger partial charge in [0.2, 0.25) is 0 Å². The number of amides is 1. The maximum absolute atomic E-state index is 12.8. The summed E-state index contributed by atoms with van der Waals surface area (Å²) in [6.45, 7) is 0. The van der Waals surface area contributed by atoms with Crippen LogP contribution in [0.25, 0.3) is 0 Å². The molecule has 0 aliphatic carbocycles. The number of hydrogen-bond donors (Lipinski definition) is 1. The van der Waals surface area contributed by atoms with Crippen molar-refractivity contribution in [3.63, 3.8) is 0 Å². The lowest BCUT2D eigenvalue weighted by molar-refractivity contribution is -0.110. The van der Waals surface area contributed by atoms with E-state index in [2.05, 4.69) is 31.4 Å². The summed E-state index contributed by atoms with van der Waals surface area (Å²) in [4.78, 5) is 11.8. The first kappa shape index (κ1) is 13.6. The van der Waals surface area contributed by atoms with E-state index in [9.17, 15) is 9.18 Å². The molecule has 0 saturated carbocycles. The molecule has 3 rings (SSSR count). The summed E-state index contributed by atoms with van der Waals surface area (Å²) in [6, 6.07) is 11.3. The highest BCUT2D eigenvalue weighted by atomic mass is 79.9. The molecule has 1 N–H and O–H groups in total. The van der Waals surface area contributed by atoms with Gasteiger partial charge in [0.15, 0.2) is 5.71 Å². The van der Waals surface area contributed by atoms with Crippen LogP contribution in [0.2, 0.25) is 0 Å². The van der Waals surface area contributed by atoms with Crippen molar-refractivity contribution in [2.24, 2.45) is 10.2 Å². The molecule has 0 atom stereocenters. The van der Waals surface area contributed by atoms with E-state index >= 15 is 0 Å². The number of hydrogen-bond acceptors (Lipinski definition) is 3. The molecular weight excluding hydrogens is 337 g/mol. The lowest BCUT2D eigenvalue weighted by atomic mass is 10.1. The molecule has 0 bridgehead atoms. The molecule has 104 valence electrons. The predicted molar refractivity (Wildman–Crippen MR) is 83.3 cm³/mol. The van der Waals surface area contributed by atoms with Crippen molar-refractivity contribution in [1.29, 1.82) is 0 Å². The van der Waals surface area contributed by atoms with Crippen molar-refractivity contribution >= 4 is 39.5 Å². The molecule has 2 aromatic rings. The topological polar surface area (TPSA) is 53.8 Å². The van der Waals surface area contributed by atoms with E-state index in [1.807, 2.05) is 6.07 Å². The average molecular weight is 346 g/mol. The molecule has 21 heavy (non-hydrogen) atoms. The first-order valence-corrected chi connectivity index (χ1v) is 6.90. The highest BCUT2D eigenvalue weighted by Crippen LogP contribution is 2.26. The SMILES string of the molecule is O=C1Nc2ccc(Br)cc2/C1=N/N=C/c1ccc(F)cc1.